The zero-order chi connectivity index (χ0) is 19.5. The number of pyridine rings is 1. The predicted octanol–water partition coefficient (Wildman–Crippen LogP) is 1.66. The molecule has 0 saturated carbocycles. The first kappa shape index (κ1) is 18.2. The second-order valence-electron chi connectivity index (χ2n) is 6.19. The van der Waals surface area contributed by atoms with Gasteiger partial charge in [-0.05, 0) is 25.1 Å². The molecule has 1 aromatic carbocycles. The van der Waals surface area contributed by atoms with E-state index in [1.807, 2.05) is 30.3 Å². The number of nitrogens with zero attached hydrogens (tertiary/aromatic N) is 5. The van der Waals surface area contributed by atoms with Crippen LogP contribution in [0.2, 0.25) is 0 Å². The molecule has 3 aromatic heterocycles. The lowest BCUT2D eigenvalue weighted by atomic mass is 10.3. The summed E-state index contributed by atoms with van der Waals surface area (Å²) in [7, 11) is 0. The van der Waals surface area contributed by atoms with Crippen LogP contribution in [-0.2, 0) is 11.3 Å². The molecule has 3 heterocycles. The van der Waals surface area contributed by atoms with E-state index in [2.05, 4.69) is 20.4 Å². The molecular weight excluding hydrogens is 376 g/mol. The number of fused-ring (bicyclic) bond motifs is 3. The molecule has 28 heavy (non-hydrogen) atoms. The van der Waals surface area contributed by atoms with Crippen LogP contribution >= 0.6 is 11.8 Å². The molecule has 0 aliphatic carbocycles. The van der Waals surface area contributed by atoms with Gasteiger partial charge in [-0.2, -0.15) is 9.50 Å². The quantitative estimate of drug-likeness (QED) is 0.395. The van der Waals surface area contributed by atoms with E-state index in [1.165, 1.54) is 15.3 Å². The Balaban J connectivity index is 1.42. The maximum absolute atomic E-state index is 12.7. The van der Waals surface area contributed by atoms with Crippen LogP contribution in [0, 0.1) is 6.92 Å². The second-order valence-corrected chi connectivity index (χ2v) is 7.36. The fraction of sp³-hybridized carbons (Fsp3) is 0.211. The highest BCUT2D eigenvalue weighted by Crippen LogP contribution is 2.15. The number of hydrogen-bond donors (Lipinski definition) is 1. The van der Waals surface area contributed by atoms with Crippen molar-refractivity contribution in [3.63, 3.8) is 0 Å². The van der Waals surface area contributed by atoms with E-state index in [9.17, 15) is 9.59 Å². The smallest absolute Gasteiger partial charge is 0.262 e. The van der Waals surface area contributed by atoms with Crippen molar-refractivity contribution >= 4 is 34.3 Å². The van der Waals surface area contributed by atoms with Crippen molar-refractivity contribution in [2.45, 2.75) is 18.4 Å². The lowest BCUT2D eigenvalue weighted by molar-refractivity contribution is -0.121. The Morgan fingerprint density at radius 3 is 2.86 bits per heavy atom. The van der Waals surface area contributed by atoms with Crippen molar-refractivity contribution in [3.8, 4) is 0 Å². The van der Waals surface area contributed by atoms with Gasteiger partial charge in [-0.15, -0.1) is 16.9 Å². The first-order valence-corrected chi connectivity index (χ1v) is 9.76. The predicted molar refractivity (Wildman–Crippen MR) is 107 cm³/mol. The average Bonchev–Trinajstić information content (AvgIpc) is 3.09. The van der Waals surface area contributed by atoms with Crippen molar-refractivity contribution in [2.24, 2.45) is 0 Å². The molecule has 0 fully saturated rings. The Morgan fingerprint density at radius 2 is 2.04 bits per heavy atom. The molecule has 0 aliphatic heterocycles. The lowest BCUT2D eigenvalue weighted by Gasteiger charge is -2.08. The number of rotatable bonds is 6. The normalized spacial score (nSPS) is 11.2. The molecule has 1 amide bonds. The van der Waals surface area contributed by atoms with Gasteiger partial charge in [0.1, 0.15) is 12.4 Å². The van der Waals surface area contributed by atoms with Gasteiger partial charge in [0.25, 0.3) is 11.3 Å². The molecule has 8 nitrogen and oxygen atoms in total. The number of carbonyl (C=O) groups excluding carboxylic acids is 1. The first-order chi connectivity index (χ1) is 13.6. The Hall–Kier alpha value is -3.20. The van der Waals surface area contributed by atoms with Crippen LogP contribution < -0.4 is 10.9 Å². The zero-order valence-electron chi connectivity index (χ0n) is 15.2. The summed E-state index contributed by atoms with van der Waals surface area (Å²) in [4.78, 5) is 34.4. The van der Waals surface area contributed by atoms with Gasteiger partial charge in [0.15, 0.2) is 0 Å². The lowest BCUT2D eigenvalue weighted by Crippen LogP contribution is -2.33. The van der Waals surface area contributed by atoms with E-state index in [4.69, 9.17) is 0 Å². The van der Waals surface area contributed by atoms with Gasteiger partial charge in [0.2, 0.25) is 5.91 Å². The summed E-state index contributed by atoms with van der Waals surface area (Å²) in [6, 6.07) is 11.7. The molecule has 0 aliphatic rings. The van der Waals surface area contributed by atoms with E-state index in [1.54, 1.807) is 30.9 Å². The Bertz CT molecular complexity index is 1200. The molecule has 0 atom stereocenters. The van der Waals surface area contributed by atoms with Crippen molar-refractivity contribution in [1.29, 1.82) is 0 Å². The molecule has 0 spiro atoms. The van der Waals surface area contributed by atoms with Gasteiger partial charge < -0.3 is 9.88 Å². The maximum atomic E-state index is 12.7. The van der Waals surface area contributed by atoms with Gasteiger partial charge in [0.05, 0.1) is 10.9 Å². The van der Waals surface area contributed by atoms with E-state index in [0.29, 0.717) is 29.0 Å². The molecule has 1 N–H and O–H groups in total. The third kappa shape index (κ3) is 3.74. The first-order valence-electron chi connectivity index (χ1n) is 8.78. The average molecular weight is 394 g/mol. The van der Waals surface area contributed by atoms with Crippen molar-refractivity contribution < 1.29 is 4.79 Å². The molecule has 4 rings (SSSR count). The van der Waals surface area contributed by atoms with Crippen LogP contribution in [0.1, 0.15) is 5.82 Å². The Labute approximate surface area is 164 Å². The summed E-state index contributed by atoms with van der Waals surface area (Å²) in [5.41, 5.74) is 0.334. The molecule has 142 valence electrons. The highest BCUT2D eigenvalue weighted by molar-refractivity contribution is 7.99. The second kappa shape index (κ2) is 7.81. The molecule has 0 saturated heterocycles. The Morgan fingerprint density at radius 1 is 1.21 bits per heavy atom. The van der Waals surface area contributed by atoms with Crippen LogP contribution in [0.15, 0.2) is 58.5 Å². The molecular formula is C19H18N6O2S. The van der Waals surface area contributed by atoms with E-state index < -0.39 is 0 Å². The summed E-state index contributed by atoms with van der Waals surface area (Å²) in [6.45, 7) is 2.25. The number of amides is 1. The maximum Gasteiger partial charge on any atom is 0.262 e. The van der Waals surface area contributed by atoms with Crippen LogP contribution in [0.4, 0.5) is 0 Å². The number of hydrogen-bond acceptors (Lipinski definition) is 6. The van der Waals surface area contributed by atoms with Crippen molar-refractivity contribution in [1.82, 2.24) is 29.5 Å². The number of thioether (sulfide) groups is 1. The minimum Gasteiger partial charge on any atom is -0.354 e. The van der Waals surface area contributed by atoms with Crippen molar-refractivity contribution in [2.75, 3.05) is 12.3 Å². The molecule has 9 heteroatoms. The fourth-order valence-electron chi connectivity index (χ4n) is 2.87. The largest absolute Gasteiger partial charge is 0.354 e. The third-order valence-electron chi connectivity index (χ3n) is 4.16. The number of aryl methyl sites for hydroxylation is 1. The van der Waals surface area contributed by atoms with Gasteiger partial charge in [0, 0.05) is 29.6 Å². The zero-order valence-corrected chi connectivity index (χ0v) is 16.0. The summed E-state index contributed by atoms with van der Waals surface area (Å²) >= 11 is 1.67. The van der Waals surface area contributed by atoms with Crippen LogP contribution in [0.5, 0.6) is 0 Å². The van der Waals surface area contributed by atoms with Gasteiger partial charge in [-0.1, -0.05) is 18.2 Å². The van der Waals surface area contributed by atoms with E-state index in [0.717, 1.165) is 10.6 Å². The number of aromatic nitrogens is 5. The van der Waals surface area contributed by atoms with Gasteiger partial charge in [-0.25, -0.2) is 4.98 Å². The van der Waals surface area contributed by atoms with Gasteiger partial charge in [-0.3, -0.25) is 9.59 Å². The summed E-state index contributed by atoms with van der Waals surface area (Å²) in [5.74, 6) is 1.57. The Kier molecular flexibility index (Phi) is 5.07. The summed E-state index contributed by atoms with van der Waals surface area (Å²) in [5, 5.41) is 7.50. The number of carbonyl (C=O) groups is 1. The number of nitrogens with one attached hydrogen (secondary N) is 1. The minimum absolute atomic E-state index is 0.0425. The minimum atomic E-state index is -0.283. The van der Waals surface area contributed by atoms with E-state index in [-0.39, 0.29) is 18.0 Å². The van der Waals surface area contributed by atoms with Crippen LogP contribution in [0.25, 0.3) is 16.7 Å². The monoisotopic (exact) mass is 394 g/mol. The molecule has 0 unspecified atom stereocenters. The molecule has 4 aromatic rings. The fourth-order valence-corrected chi connectivity index (χ4v) is 3.66. The summed E-state index contributed by atoms with van der Waals surface area (Å²) < 4.78 is 2.91. The SMILES string of the molecule is Cc1nc2ncc3c(=O)n(CC(=O)NCCSc4ccccc4)ccc3n2n1. The molecule has 0 radical (unpaired) electrons. The molecule has 0 bridgehead atoms. The summed E-state index contributed by atoms with van der Waals surface area (Å²) in [6.07, 6.45) is 3.07. The van der Waals surface area contributed by atoms with Crippen molar-refractivity contribution in [3.05, 3.63) is 65.0 Å². The topological polar surface area (TPSA) is 94.2 Å². The van der Waals surface area contributed by atoms with Crippen LogP contribution in [-0.4, -0.2) is 42.4 Å². The van der Waals surface area contributed by atoms with Gasteiger partial charge >= 0.3 is 0 Å². The highest BCUT2D eigenvalue weighted by Gasteiger charge is 2.11. The van der Waals surface area contributed by atoms with E-state index >= 15 is 0 Å². The standard InChI is InChI=1S/C19H18N6O2S/c1-13-22-19-21-11-15-16(25(19)23-13)7-9-24(18(15)27)12-17(26)20-8-10-28-14-5-3-2-4-6-14/h2-7,9,11H,8,10,12H2,1H3,(H,20,26). The van der Waals surface area contributed by atoms with Crippen LogP contribution in [0.3, 0.4) is 0 Å². The third-order valence-corrected chi connectivity index (χ3v) is 5.18. The number of benzene rings is 1. The highest BCUT2D eigenvalue weighted by atomic mass is 32.2.